The number of nitrogens with zero attached hydrogens (tertiary/aromatic N) is 1. The van der Waals surface area contributed by atoms with E-state index in [0.29, 0.717) is 50.2 Å². The van der Waals surface area contributed by atoms with Crippen LogP contribution in [0.3, 0.4) is 0 Å². The average Bonchev–Trinajstić information content (AvgIpc) is 2.68. The van der Waals surface area contributed by atoms with Crippen molar-refractivity contribution in [1.29, 1.82) is 0 Å². The minimum Gasteiger partial charge on any atom is -0.378 e. The molecule has 2 heterocycles. The Hall–Kier alpha value is -1.48. The van der Waals surface area contributed by atoms with Gasteiger partial charge in [-0.15, -0.1) is 0 Å². The summed E-state index contributed by atoms with van der Waals surface area (Å²) in [6.07, 6.45) is 1.50. The number of nitrogens with one attached hydrogen (secondary N) is 2. The summed E-state index contributed by atoms with van der Waals surface area (Å²) >= 11 is 0. The minimum absolute atomic E-state index is 0.0426. The fourth-order valence-corrected chi connectivity index (χ4v) is 4.69. The zero-order chi connectivity index (χ0) is 17.7. The van der Waals surface area contributed by atoms with Crippen LogP contribution in [0.2, 0.25) is 0 Å². The fraction of sp³-hybridized carbons (Fsp3) is 0.588. The fourth-order valence-electron chi connectivity index (χ4n) is 3.20. The lowest BCUT2D eigenvalue weighted by Crippen LogP contribution is -2.52. The molecule has 1 amide bonds. The highest BCUT2D eigenvalue weighted by Gasteiger charge is 2.30. The number of carbonyl (C=O) groups is 1. The zero-order valence-corrected chi connectivity index (χ0v) is 15.0. The van der Waals surface area contributed by atoms with Crippen LogP contribution in [0.25, 0.3) is 0 Å². The molecule has 1 unspecified atom stereocenters. The number of carbonyl (C=O) groups excluding carboxylic acids is 1. The second-order valence-corrected chi connectivity index (χ2v) is 8.43. The van der Waals surface area contributed by atoms with Gasteiger partial charge in [0.2, 0.25) is 15.9 Å². The van der Waals surface area contributed by atoms with E-state index in [4.69, 9.17) is 4.74 Å². The maximum atomic E-state index is 12.6. The van der Waals surface area contributed by atoms with Crippen LogP contribution in [0.15, 0.2) is 35.2 Å². The van der Waals surface area contributed by atoms with Crippen LogP contribution in [0.4, 0.5) is 0 Å². The third-order valence-electron chi connectivity index (χ3n) is 4.76. The van der Waals surface area contributed by atoms with Crippen LogP contribution in [0.5, 0.6) is 0 Å². The van der Waals surface area contributed by atoms with Crippen molar-refractivity contribution in [3.05, 3.63) is 30.3 Å². The van der Waals surface area contributed by atoms with Gasteiger partial charge in [0.25, 0.3) is 0 Å². The van der Waals surface area contributed by atoms with Gasteiger partial charge in [-0.25, -0.2) is 8.42 Å². The van der Waals surface area contributed by atoms with E-state index in [2.05, 4.69) is 10.6 Å². The monoisotopic (exact) mass is 367 g/mol. The Morgan fingerprint density at radius 2 is 1.96 bits per heavy atom. The molecule has 138 valence electrons. The van der Waals surface area contributed by atoms with Gasteiger partial charge in [0.1, 0.15) is 6.04 Å². The van der Waals surface area contributed by atoms with Crippen LogP contribution < -0.4 is 10.6 Å². The molecule has 1 aromatic carbocycles. The Morgan fingerprint density at radius 1 is 1.24 bits per heavy atom. The van der Waals surface area contributed by atoms with E-state index in [1.165, 1.54) is 4.31 Å². The molecule has 0 saturated carbocycles. The van der Waals surface area contributed by atoms with Crippen LogP contribution >= 0.6 is 0 Å². The Bertz CT molecular complexity index is 666. The number of hydrogen-bond acceptors (Lipinski definition) is 5. The standard InChI is InChI=1S/C17H25N3O4S/c21-17(16-13-24-11-8-18-16)19-12-14-6-9-20(10-7-14)25(22,23)15-4-2-1-3-5-15/h1-5,14,16,18H,6-13H2,(H,19,21). The van der Waals surface area contributed by atoms with Crippen LogP contribution in [0.1, 0.15) is 12.8 Å². The number of morpholine rings is 1. The van der Waals surface area contributed by atoms with Gasteiger partial charge in [-0.3, -0.25) is 4.79 Å². The zero-order valence-electron chi connectivity index (χ0n) is 14.2. The summed E-state index contributed by atoms with van der Waals surface area (Å²) in [6, 6.07) is 8.24. The van der Waals surface area contributed by atoms with Gasteiger partial charge in [-0.05, 0) is 30.9 Å². The van der Waals surface area contributed by atoms with E-state index in [1.54, 1.807) is 30.3 Å². The molecule has 0 aromatic heterocycles. The average molecular weight is 367 g/mol. The van der Waals surface area contributed by atoms with Gasteiger partial charge in [0, 0.05) is 26.2 Å². The number of hydrogen-bond donors (Lipinski definition) is 2. The van der Waals surface area contributed by atoms with Crippen LogP contribution in [-0.2, 0) is 19.6 Å². The van der Waals surface area contributed by atoms with Crippen molar-refractivity contribution < 1.29 is 17.9 Å². The predicted octanol–water partition coefficient (Wildman–Crippen LogP) is 0.192. The van der Waals surface area contributed by atoms with Crippen molar-refractivity contribution in [2.75, 3.05) is 39.4 Å². The number of sulfonamides is 1. The quantitative estimate of drug-likeness (QED) is 0.776. The molecule has 2 aliphatic rings. The van der Waals surface area contributed by atoms with Crippen molar-refractivity contribution in [3.63, 3.8) is 0 Å². The molecular weight excluding hydrogens is 342 g/mol. The van der Waals surface area contributed by atoms with E-state index in [9.17, 15) is 13.2 Å². The van der Waals surface area contributed by atoms with Crippen molar-refractivity contribution in [2.24, 2.45) is 5.92 Å². The topological polar surface area (TPSA) is 87.7 Å². The minimum atomic E-state index is -3.41. The molecule has 3 rings (SSSR count). The molecule has 1 aromatic rings. The first-order valence-corrected chi connectivity index (χ1v) is 10.2. The molecule has 25 heavy (non-hydrogen) atoms. The van der Waals surface area contributed by atoms with E-state index < -0.39 is 10.0 Å². The summed E-state index contributed by atoms with van der Waals surface area (Å²) in [4.78, 5) is 12.4. The van der Waals surface area contributed by atoms with Gasteiger partial charge >= 0.3 is 0 Å². The number of ether oxygens (including phenoxy) is 1. The largest absolute Gasteiger partial charge is 0.378 e. The molecule has 0 spiro atoms. The van der Waals surface area contributed by atoms with E-state index in [-0.39, 0.29) is 11.9 Å². The highest BCUT2D eigenvalue weighted by Crippen LogP contribution is 2.23. The van der Waals surface area contributed by atoms with E-state index in [0.717, 1.165) is 12.8 Å². The number of piperidine rings is 1. The molecular formula is C17H25N3O4S. The highest BCUT2D eigenvalue weighted by molar-refractivity contribution is 7.89. The van der Waals surface area contributed by atoms with Gasteiger partial charge in [-0.2, -0.15) is 4.31 Å². The summed E-state index contributed by atoms with van der Waals surface area (Å²) in [5.41, 5.74) is 0. The lowest BCUT2D eigenvalue weighted by atomic mass is 9.98. The second-order valence-electron chi connectivity index (χ2n) is 6.49. The molecule has 2 fully saturated rings. The van der Waals surface area contributed by atoms with Crippen molar-refractivity contribution in [2.45, 2.75) is 23.8 Å². The maximum Gasteiger partial charge on any atom is 0.243 e. The Balaban J connectivity index is 1.46. The maximum absolute atomic E-state index is 12.6. The molecule has 1 atom stereocenters. The van der Waals surface area contributed by atoms with E-state index in [1.807, 2.05) is 0 Å². The van der Waals surface area contributed by atoms with Crippen LogP contribution in [-0.4, -0.2) is 64.1 Å². The Kier molecular flexibility index (Phi) is 6.06. The predicted molar refractivity (Wildman–Crippen MR) is 93.5 cm³/mol. The van der Waals surface area contributed by atoms with Crippen molar-refractivity contribution in [3.8, 4) is 0 Å². The number of amides is 1. The smallest absolute Gasteiger partial charge is 0.243 e. The third kappa shape index (κ3) is 4.58. The van der Waals surface area contributed by atoms with Crippen molar-refractivity contribution >= 4 is 15.9 Å². The molecule has 2 N–H and O–H groups in total. The SMILES string of the molecule is O=C(NCC1CCN(S(=O)(=O)c2ccccc2)CC1)C1COCCN1. The molecule has 8 heteroatoms. The second kappa shape index (κ2) is 8.27. The van der Waals surface area contributed by atoms with Gasteiger partial charge in [0.15, 0.2) is 0 Å². The van der Waals surface area contributed by atoms with E-state index >= 15 is 0 Å². The summed E-state index contributed by atoms with van der Waals surface area (Å²) in [5.74, 6) is 0.259. The van der Waals surface area contributed by atoms with Gasteiger partial charge < -0.3 is 15.4 Å². The molecule has 0 aliphatic carbocycles. The molecule has 2 aliphatic heterocycles. The molecule has 7 nitrogen and oxygen atoms in total. The Morgan fingerprint density at radius 3 is 2.60 bits per heavy atom. The molecule has 0 radical (unpaired) electrons. The summed E-state index contributed by atoms with van der Waals surface area (Å²) < 4.78 is 32.0. The number of benzene rings is 1. The van der Waals surface area contributed by atoms with Crippen LogP contribution in [0, 0.1) is 5.92 Å². The summed E-state index contributed by atoms with van der Waals surface area (Å²) in [7, 11) is -3.41. The molecule has 2 saturated heterocycles. The first-order chi connectivity index (χ1) is 12.1. The Labute approximate surface area is 148 Å². The van der Waals surface area contributed by atoms with Gasteiger partial charge in [-0.1, -0.05) is 18.2 Å². The molecule has 0 bridgehead atoms. The first-order valence-electron chi connectivity index (χ1n) is 8.71. The third-order valence-corrected chi connectivity index (χ3v) is 6.67. The summed E-state index contributed by atoms with van der Waals surface area (Å²) in [6.45, 7) is 3.28. The lowest BCUT2D eigenvalue weighted by Gasteiger charge is -2.31. The van der Waals surface area contributed by atoms with Crippen molar-refractivity contribution in [1.82, 2.24) is 14.9 Å². The lowest BCUT2D eigenvalue weighted by molar-refractivity contribution is -0.126. The normalized spacial score (nSPS) is 23.3. The highest BCUT2D eigenvalue weighted by atomic mass is 32.2. The number of rotatable bonds is 5. The summed E-state index contributed by atoms with van der Waals surface area (Å²) in [5, 5.41) is 6.09. The van der Waals surface area contributed by atoms with Gasteiger partial charge in [0.05, 0.1) is 18.1 Å². The first kappa shape index (κ1) is 18.3.